The van der Waals surface area contributed by atoms with Crippen molar-refractivity contribution in [2.45, 2.75) is 38.3 Å². The van der Waals surface area contributed by atoms with E-state index < -0.39 is 0 Å². The van der Waals surface area contributed by atoms with E-state index in [0.717, 1.165) is 23.9 Å². The van der Waals surface area contributed by atoms with Crippen molar-refractivity contribution in [1.82, 2.24) is 5.32 Å². The van der Waals surface area contributed by atoms with Gasteiger partial charge in [-0.1, -0.05) is 18.6 Å². The maximum atomic E-state index is 10.6. The third kappa shape index (κ3) is 2.25. The molecule has 2 saturated carbocycles. The fourth-order valence-electron chi connectivity index (χ4n) is 3.48. The molecule has 3 rings (SSSR count). The molecule has 3 unspecified atom stereocenters. The lowest BCUT2D eigenvalue weighted by Gasteiger charge is -2.22. The molecule has 2 bridgehead atoms. The largest absolute Gasteiger partial charge is 0.310 e. The second-order valence-electron chi connectivity index (χ2n) is 5.59. The van der Waals surface area contributed by atoms with E-state index in [-0.39, 0.29) is 10.6 Å². The molecular weight excluding hydrogens is 228 g/mol. The van der Waals surface area contributed by atoms with Crippen LogP contribution in [0, 0.1) is 22.0 Å². The Morgan fingerprint density at radius 3 is 2.56 bits per heavy atom. The predicted octanol–water partition coefficient (Wildman–Crippen LogP) is 2.87. The zero-order valence-electron chi connectivity index (χ0n) is 10.3. The van der Waals surface area contributed by atoms with E-state index in [4.69, 9.17) is 0 Å². The fraction of sp³-hybridized carbons (Fsp3) is 0.571. The summed E-state index contributed by atoms with van der Waals surface area (Å²) in [5, 5.41) is 14.2. The van der Waals surface area contributed by atoms with Gasteiger partial charge in [-0.05, 0) is 36.7 Å². The molecule has 0 radical (unpaired) electrons. The quantitative estimate of drug-likeness (QED) is 0.656. The van der Waals surface area contributed by atoms with Gasteiger partial charge in [-0.15, -0.1) is 0 Å². The van der Waals surface area contributed by atoms with Crippen LogP contribution >= 0.6 is 0 Å². The van der Waals surface area contributed by atoms with Crippen LogP contribution in [0.15, 0.2) is 24.3 Å². The van der Waals surface area contributed by atoms with Gasteiger partial charge in [0.2, 0.25) is 0 Å². The lowest BCUT2D eigenvalue weighted by atomic mass is 9.95. The molecule has 1 aromatic rings. The molecule has 2 aliphatic carbocycles. The number of benzene rings is 1. The molecule has 0 aromatic heterocycles. The number of nitrogens with one attached hydrogen (secondary N) is 1. The second kappa shape index (κ2) is 4.69. The summed E-state index contributed by atoms with van der Waals surface area (Å²) in [7, 11) is 0. The van der Waals surface area contributed by atoms with Crippen molar-refractivity contribution in [2.75, 3.05) is 0 Å². The van der Waals surface area contributed by atoms with E-state index in [1.807, 2.05) is 12.1 Å². The average molecular weight is 246 g/mol. The molecule has 0 saturated heterocycles. The summed E-state index contributed by atoms with van der Waals surface area (Å²) in [4.78, 5) is 10.2. The van der Waals surface area contributed by atoms with Crippen LogP contribution in [0.25, 0.3) is 0 Å². The first-order valence-corrected chi connectivity index (χ1v) is 6.69. The van der Waals surface area contributed by atoms with E-state index in [9.17, 15) is 10.1 Å². The van der Waals surface area contributed by atoms with Crippen LogP contribution in [0.5, 0.6) is 0 Å². The molecule has 96 valence electrons. The molecule has 2 aliphatic rings. The summed E-state index contributed by atoms with van der Waals surface area (Å²) in [5.74, 6) is 1.82. The highest BCUT2D eigenvalue weighted by Gasteiger charge is 2.38. The molecule has 0 aliphatic heterocycles. The minimum atomic E-state index is -0.354. The Kier molecular flexibility index (Phi) is 3.04. The Bertz CT molecular complexity index is 444. The summed E-state index contributed by atoms with van der Waals surface area (Å²) in [6.45, 7) is 0.825. The number of nitrogens with zero attached hydrogens (tertiary/aromatic N) is 1. The van der Waals surface area contributed by atoms with Crippen LogP contribution in [0.4, 0.5) is 5.69 Å². The molecule has 1 N–H and O–H groups in total. The Labute approximate surface area is 107 Å². The smallest absolute Gasteiger partial charge is 0.269 e. The highest BCUT2D eigenvalue weighted by molar-refractivity contribution is 5.32. The van der Waals surface area contributed by atoms with Gasteiger partial charge in [-0.25, -0.2) is 0 Å². The minimum absolute atomic E-state index is 0.165. The van der Waals surface area contributed by atoms with Gasteiger partial charge < -0.3 is 5.32 Å². The minimum Gasteiger partial charge on any atom is -0.310 e. The Morgan fingerprint density at radius 1 is 1.22 bits per heavy atom. The first-order valence-electron chi connectivity index (χ1n) is 6.69. The van der Waals surface area contributed by atoms with Crippen molar-refractivity contribution < 1.29 is 4.92 Å². The van der Waals surface area contributed by atoms with Gasteiger partial charge in [-0.3, -0.25) is 10.1 Å². The number of fused-ring (bicyclic) bond motifs is 2. The molecule has 4 heteroatoms. The summed E-state index contributed by atoms with van der Waals surface area (Å²) >= 11 is 0. The van der Waals surface area contributed by atoms with E-state index in [1.165, 1.54) is 25.7 Å². The van der Waals surface area contributed by atoms with E-state index >= 15 is 0 Å². The monoisotopic (exact) mass is 246 g/mol. The first kappa shape index (κ1) is 11.7. The topological polar surface area (TPSA) is 55.2 Å². The van der Waals surface area contributed by atoms with Gasteiger partial charge in [0, 0.05) is 24.7 Å². The predicted molar refractivity (Wildman–Crippen MR) is 69.2 cm³/mol. The van der Waals surface area contributed by atoms with Crippen LogP contribution in [0.2, 0.25) is 0 Å². The summed E-state index contributed by atoms with van der Waals surface area (Å²) in [6.07, 6.45) is 5.51. The molecule has 0 heterocycles. The van der Waals surface area contributed by atoms with Crippen molar-refractivity contribution in [3.05, 3.63) is 39.9 Å². The van der Waals surface area contributed by atoms with Crippen molar-refractivity contribution in [1.29, 1.82) is 0 Å². The van der Waals surface area contributed by atoms with Gasteiger partial charge in [0.25, 0.3) is 5.69 Å². The summed E-state index contributed by atoms with van der Waals surface area (Å²) in [6, 6.07) is 7.52. The maximum absolute atomic E-state index is 10.6. The van der Waals surface area contributed by atoms with Gasteiger partial charge in [0.15, 0.2) is 0 Å². The SMILES string of the molecule is O=[N+]([O-])c1ccc(CNC2CC3CCC2C3)cc1. The van der Waals surface area contributed by atoms with Crippen LogP contribution in [-0.4, -0.2) is 11.0 Å². The summed E-state index contributed by atoms with van der Waals surface area (Å²) < 4.78 is 0. The van der Waals surface area contributed by atoms with Crippen LogP contribution in [0.3, 0.4) is 0 Å². The lowest BCUT2D eigenvalue weighted by Crippen LogP contribution is -2.33. The van der Waals surface area contributed by atoms with Crippen molar-refractivity contribution >= 4 is 5.69 Å². The van der Waals surface area contributed by atoms with Gasteiger partial charge in [0.1, 0.15) is 0 Å². The molecule has 0 spiro atoms. The zero-order chi connectivity index (χ0) is 12.5. The fourth-order valence-corrected chi connectivity index (χ4v) is 3.48. The van der Waals surface area contributed by atoms with Crippen molar-refractivity contribution in [3.63, 3.8) is 0 Å². The van der Waals surface area contributed by atoms with E-state index in [2.05, 4.69) is 5.32 Å². The highest BCUT2D eigenvalue weighted by atomic mass is 16.6. The molecule has 4 nitrogen and oxygen atoms in total. The van der Waals surface area contributed by atoms with Crippen molar-refractivity contribution in [2.24, 2.45) is 11.8 Å². The third-order valence-electron chi connectivity index (χ3n) is 4.45. The highest BCUT2D eigenvalue weighted by Crippen LogP contribution is 2.44. The van der Waals surface area contributed by atoms with E-state index in [0.29, 0.717) is 6.04 Å². The second-order valence-corrected chi connectivity index (χ2v) is 5.59. The number of nitro groups is 1. The van der Waals surface area contributed by atoms with Crippen LogP contribution < -0.4 is 5.32 Å². The average Bonchev–Trinajstić information content (AvgIpc) is 2.99. The standard InChI is InChI=1S/C14H18N2O2/c17-16(18)13-5-2-10(3-6-13)9-15-14-8-11-1-4-12(14)7-11/h2-3,5-6,11-12,14-15H,1,4,7-9H2. The van der Waals surface area contributed by atoms with Crippen LogP contribution in [0.1, 0.15) is 31.2 Å². The molecule has 2 fully saturated rings. The number of hydrogen-bond donors (Lipinski definition) is 1. The number of hydrogen-bond acceptors (Lipinski definition) is 3. The van der Waals surface area contributed by atoms with Gasteiger partial charge in [-0.2, -0.15) is 0 Å². The van der Waals surface area contributed by atoms with Gasteiger partial charge >= 0.3 is 0 Å². The molecule has 1 aromatic carbocycles. The first-order chi connectivity index (χ1) is 8.72. The van der Waals surface area contributed by atoms with Crippen LogP contribution in [-0.2, 0) is 6.54 Å². The third-order valence-corrected chi connectivity index (χ3v) is 4.45. The number of nitro benzene ring substituents is 1. The summed E-state index contributed by atoms with van der Waals surface area (Å²) in [5.41, 5.74) is 1.29. The lowest BCUT2D eigenvalue weighted by molar-refractivity contribution is -0.384. The van der Waals surface area contributed by atoms with Gasteiger partial charge in [0.05, 0.1) is 4.92 Å². The Balaban J connectivity index is 1.55. The zero-order valence-corrected chi connectivity index (χ0v) is 10.3. The maximum Gasteiger partial charge on any atom is 0.269 e. The molecule has 18 heavy (non-hydrogen) atoms. The molecular formula is C14H18N2O2. The normalized spacial score (nSPS) is 29.7. The Morgan fingerprint density at radius 2 is 2.00 bits per heavy atom. The van der Waals surface area contributed by atoms with Crippen molar-refractivity contribution in [3.8, 4) is 0 Å². The number of non-ortho nitro benzene ring substituents is 1. The number of rotatable bonds is 4. The van der Waals surface area contributed by atoms with E-state index in [1.54, 1.807) is 12.1 Å². The molecule has 0 amide bonds. The Hall–Kier alpha value is -1.42. The molecule has 3 atom stereocenters.